The van der Waals surface area contributed by atoms with Crippen LogP contribution in [0.3, 0.4) is 0 Å². The number of carbonyl (C=O) groups excluding carboxylic acids is 1. The standard InChI is InChI=1S/C14H25F2N3O/c1-10-4-3-5-11(2)19(10)7-6-17-13(20)12-8-14(15,16)9-18-12/h10-12,18H,3-9H2,1-2H3,(H,17,20). The molecule has 0 aromatic heterocycles. The van der Waals surface area contributed by atoms with E-state index in [0.717, 1.165) is 6.54 Å². The van der Waals surface area contributed by atoms with Gasteiger partial charge in [0.25, 0.3) is 5.92 Å². The van der Waals surface area contributed by atoms with Crippen LogP contribution in [-0.2, 0) is 4.79 Å². The molecule has 0 aromatic carbocycles. The number of piperidine rings is 1. The Kier molecular flexibility index (Phi) is 4.96. The van der Waals surface area contributed by atoms with Crippen molar-refractivity contribution in [3.63, 3.8) is 0 Å². The molecule has 2 N–H and O–H groups in total. The summed E-state index contributed by atoms with van der Waals surface area (Å²) in [5, 5.41) is 5.35. The zero-order chi connectivity index (χ0) is 14.8. The molecule has 2 aliphatic rings. The molecule has 4 nitrogen and oxygen atoms in total. The molecule has 3 atom stereocenters. The van der Waals surface area contributed by atoms with Gasteiger partial charge in [-0.1, -0.05) is 6.42 Å². The Morgan fingerprint density at radius 2 is 2.00 bits per heavy atom. The van der Waals surface area contributed by atoms with Crippen LogP contribution >= 0.6 is 0 Å². The minimum atomic E-state index is -2.75. The SMILES string of the molecule is CC1CCCC(C)N1CCNC(=O)C1CC(F)(F)CN1. The topological polar surface area (TPSA) is 44.4 Å². The first kappa shape index (κ1) is 15.6. The van der Waals surface area contributed by atoms with E-state index < -0.39 is 24.9 Å². The normalized spacial score (nSPS) is 34.1. The molecule has 2 saturated heterocycles. The number of halogens is 2. The average molecular weight is 289 g/mol. The van der Waals surface area contributed by atoms with Crippen molar-refractivity contribution in [1.82, 2.24) is 15.5 Å². The van der Waals surface area contributed by atoms with Crippen molar-refractivity contribution in [2.75, 3.05) is 19.6 Å². The fourth-order valence-corrected chi connectivity index (χ4v) is 3.25. The van der Waals surface area contributed by atoms with Crippen molar-refractivity contribution in [3.8, 4) is 0 Å². The second-order valence-corrected chi connectivity index (χ2v) is 6.15. The molecule has 0 spiro atoms. The molecule has 2 aliphatic heterocycles. The van der Waals surface area contributed by atoms with Crippen molar-refractivity contribution in [2.24, 2.45) is 0 Å². The van der Waals surface area contributed by atoms with E-state index in [0.29, 0.717) is 18.6 Å². The van der Waals surface area contributed by atoms with Crippen molar-refractivity contribution in [1.29, 1.82) is 0 Å². The van der Waals surface area contributed by atoms with Gasteiger partial charge in [0.2, 0.25) is 5.91 Å². The van der Waals surface area contributed by atoms with Crippen LogP contribution in [-0.4, -0.2) is 54.5 Å². The summed E-state index contributed by atoms with van der Waals surface area (Å²) in [5.41, 5.74) is 0. The first-order valence-electron chi connectivity index (χ1n) is 7.54. The Labute approximate surface area is 119 Å². The molecule has 0 bridgehead atoms. The number of alkyl halides is 2. The molecular formula is C14H25F2N3O. The second kappa shape index (κ2) is 6.35. The van der Waals surface area contributed by atoms with Crippen LogP contribution in [0.25, 0.3) is 0 Å². The zero-order valence-electron chi connectivity index (χ0n) is 12.3. The highest BCUT2D eigenvalue weighted by Gasteiger charge is 2.42. The lowest BCUT2D eigenvalue weighted by Crippen LogP contribution is -2.49. The number of likely N-dealkylation sites (tertiary alicyclic amines) is 1. The third kappa shape index (κ3) is 3.88. The van der Waals surface area contributed by atoms with E-state index in [1.54, 1.807) is 0 Å². The lowest BCUT2D eigenvalue weighted by Gasteiger charge is -2.39. The van der Waals surface area contributed by atoms with Crippen molar-refractivity contribution < 1.29 is 13.6 Å². The highest BCUT2D eigenvalue weighted by Crippen LogP contribution is 2.25. The van der Waals surface area contributed by atoms with Gasteiger partial charge in [-0.15, -0.1) is 0 Å². The lowest BCUT2D eigenvalue weighted by molar-refractivity contribution is -0.123. The van der Waals surface area contributed by atoms with Gasteiger partial charge in [-0.2, -0.15) is 0 Å². The Balaban J connectivity index is 1.71. The van der Waals surface area contributed by atoms with E-state index in [1.165, 1.54) is 19.3 Å². The van der Waals surface area contributed by atoms with Gasteiger partial charge in [0.15, 0.2) is 0 Å². The van der Waals surface area contributed by atoms with Crippen LogP contribution in [0.2, 0.25) is 0 Å². The van der Waals surface area contributed by atoms with E-state index in [1.807, 2.05) is 0 Å². The lowest BCUT2D eigenvalue weighted by atomic mass is 9.98. The fourth-order valence-electron chi connectivity index (χ4n) is 3.25. The maximum Gasteiger partial charge on any atom is 0.262 e. The predicted octanol–water partition coefficient (Wildman–Crippen LogP) is 1.36. The molecule has 0 aromatic rings. The summed E-state index contributed by atoms with van der Waals surface area (Å²) in [5.74, 6) is -3.06. The summed E-state index contributed by atoms with van der Waals surface area (Å²) in [4.78, 5) is 14.2. The largest absolute Gasteiger partial charge is 0.353 e. The summed E-state index contributed by atoms with van der Waals surface area (Å²) in [6, 6.07) is 0.315. The van der Waals surface area contributed by atoms with Gasteiger partial charge in [0.05, 0.1) is 12.6 Å². The zero-order valence-corrected chi connectivity index (χ0v) is 12.3. The Hall–Kier alpha value is -0.750. The predicted molar refractivity (Wildman–Crippen MR) is 73.8 cm³/mol. The van der Waals surface area contributed by atoms with Crippen molar-refractivity contribution in [2.45, 2.75) is 63.6 Å². The molecule has 2 rings (SSSR count). The highest BCUT2D eigenvalue weighted by atomic mass is 19.3. The van der Waals surface area contributed by atoms with Gasteiger partial charge in [-0.05, 0) is 26.7 Å². The number of nitrogens with one attached hydrogen (secondary N) is 2. The first-order valence-corrected chi connectivity index (χ1v) is 7.54. The molecule has 2 heterocycles. The maximum atomic E-state index is 13.0. The number of amides is 1. The molecule has 2 fully saturated rings. The van der Waals surface area contributed by atoms with E-state index in [-0.39, 0.29) is 5.91 Å². The molecular weight excluding hydrogens is 264 g/mol. The van der Waals surface area contributed by atoms with Crippen LogP contribution < -0.4 is 10.6 Å². The number of carbonyl (C=O) groups is 1. The van der Waals surface area contributed by atoms with E-state index in [9.17, 15) is 13.6 Å². The molecule has 6 heteroatoms. The molecule has 0 aliphatic carbocycles. The smallest absolute Gasteiger partial charge is 0.262 e. The Bertz CT molecular complexity index is 341. The summed E-state index contributed by atoms with van der Waals surface area (Å²) < 4.78 is 26.0. The third-order valence-corrected chi connectivity index (χ3v) is 4.47. The highest BCUT2D eigenvalue weighted by molar-refractivity contribution is 5.82. The van der Waals surface area contributed by atoms with Gasteiger partial charge in [0.1, 0.15) is 0 Å². The van der Waals surface area contributed by atoms with Gasteiger partial charge >= 0.3 is 0 Å². The summed E-state index contributed by atoms with van der Waals surface area (Å²) in [7, 11) is 0. The second-order valence-electron chi connectivity index (χ2n) is 6.15. The van der Waals surface area contributed by atoms with Crippen LogP contribution in [0, 0.1) is 0 Å². The quantitative estimate of drug-likeness (QED) is 0.821. The average Bonchev–Trinajstić information content (AvgIpc) is 2.73. The van der Waals surface area contributed by atoms with Crippen molar-refractivity contribution in [3.05, 3.63) is 0 Å². The fraction of sp³-hybridized carbons (Fsp3) is 0.929. The number of hydrogen-bond acceptors (Lipinski definition) is 3. The molecule has 3 unspecified atom stereocenters. The summed E-state index contributed by atoms with van der Waals surface area (Å²) >= 11 is 0. The first-order chi connectivity index (χ1) is 9.39. The molecule has 20 heavy (non-hydrogen) atoms. The van der Waals surface area contributed by atoms with Crippen LogP contribution in [0.1, 0.15) is 39.5 Å². The van der Waals surface area contributed by atoms with Crippen LogP contribution in [0.5, 0.6) is 0 Å². The van der Waals surface area contributed by atoms with E-state index in [4.69, 9.17) is 0 Å². The van der Waals surface area contributed by atoms with Crippen LogP contribution in [0.15, 0.2) is 0 Å². The molecule has 1 amide bonds. The van der Waals surface area contributed by atoms with Crippen molar-refractivity contribution >= 4 is 5.91 Å². The van der Waals surface area contributed by atoms with E-state index in [2.05, 4.69) is 29.4 Å². The van der Waals surface area contributed by atoms with Gasteiger partial charge in [-0.25, -0.2) is 8.78 Å². The Morgan fingerprint density at radius 3 is 2.55 bits per heavy atom. The molecule has 116 valence electrons. The number of hydrogen-bond donors (Lipinski definition) is 2. The van der Waals surface area contributed by atoms with Crippen LogP contribution in [0.4, 0.5) is 8.78 Å². The third-order valence-electron chi connectivity index (χ3n) is 4.47. The van der Waals surface area contributed by atoms with Gasteiger partial charge < -0.3 is 5.32 Å². The summed E-state index contributed by atoms with van der Waals surface area (Å²) in [6.45, 7) is 5.33. The van der Waals surface area contributed by atoms with E-state index >= 15 is 0 Å². The number of rotatable bonds is 4. The van der Waals surface area contributed by atoms with Gasteiger partial charge in [0, 0.05) is 31.6 Å². The molecule has 0 radical (unpaired) electrons. The minimum absolute atomic E-state index is 0.306. The van der Waals surface area contributed by atoms with Gasteiger partial charge in [-0.3, -0.25) is 15.0 Å². The minimum Gasteiger partial charge on any atom is -0.353 e. The maximum absolute atomic E-state index is 13.0. The Morgan fingerprint density at radius 1 is 1.35 bits per heavy atom. The molecule has 0 saturated carbocycles. The number of nitrogens with zero attached hydrogens (tertiary/aromatic N) is 1. The summed E-state index contributed by atoms with van der Waals surface area (Å²) in [6.07, 6.45) is 3.24. The monoisotopic (exact) mass is 289 g/mol.